The minimum absolute atomic E-state index is 0.0748. The fraction of sp³-hybridized carbons (Fsp3) is 0.333. The largest absolute Gasteiger partial charge is 0.507 e. The summed E-state index contributed by atoms with van der Waals surface area (Å²) in [6, 6.07) is 8.26. The third-order valence-corrected chi connectivity index (χ3v) is 6.63. The maximum Gasteiger partial charge on any atom is 0.311 e. The first kappa shape index (κ1) is 19.2. The first-order valence-electron chi connectivity index (χ1n) is 10.3. The first-order chi connectivity index (χ1) is 14.5. The minimum Gasteiger partial charge on any atom is -0.507 e. The van der Waals surface area contributed by atoms with Gasteiger partial charge in [-0.2, -0.15) is 0 Å². The molecule has 5 rings (SSSR count). The highest BCUT2D eigenvalue weighted by molar-refractivity contribution is 6.30. The molecule has 1 aromatic heterocycles. The van der Waals surface area contributed by atoms with Gasteiger partial charge in [0.2, 0.25) is 5.43 Å². The number of hydrogen-bond acceptors (Lipinski definition) is 5. The lowest BCUT2D eigenvalue weighted by Crippen LogP contribution is -2.27. The predicted octanol–water partition coefficient (Wildman–Crippen LogP) is 5.79. The molecule has 5 nitrogen and oxygen atoms in total. The Kier molecular flexibility index (Phi) is 4.78. The standard InChI is InChI=1S/C24H21ClO5/c25-15-8-6-14(7-9-15)17-12-29-24-21-16(13-4-2-1-3-5-13)10-20(27)30-19(21)11-18(26)22(24)23(17)28/h6-9,11-13,16,26H,1-5,10H2/t16-/m0/s1. The average molecular weight is 425 g/mol. The third-order valence-electron chi connectivity index (χ3n) is 6.38. The highest BCUT2D eigenvalue weighted by atomic mass is 35.5. The molecular formula is C24H21ClO5. The zero-order valence-corrected chi connectivity index (χ0v) is 17.1. The van der Waals surface area contributed by atoms with Crippen LogP contribution in [0.25, 0.3) is 22.1 Å². The number of halogens is 1. The number of aromatic hydroxyl groups is 1. The predicted molar refractivity (Wildman–Crippen MR) is 114 cm³/mol. The first-order valence-corrected chi connectivity index (χ1v) is 10.7. The molecule has 2 heterocycles. The van der Waals surface area contributed by atoms with Gasteiger partial charge in [-0.3, -0.25) is 9.59 Å². The van der Waals surface area contributed by atoms with Crippen LogP contribution in [-0.2, 0) is 4.79 Å². The third kappa shape index (κ3) is 3.18. The molecule has 154 valence electrons. The van der Waals surface area contributed by atoms with Crippen LogP contribution in [0, 0.1) is 5.92 Å². The van der Waals surface area contributed by atoms with Crippen molar-refractivity contribution in [2.24, 2.45) is 5.92 Å². The fourth-order valence-corrected chi connectivity index (χ4v) is 5.06. The van der Waals surface area contributed by atoms with Crippen molar-refractivity contribution in [2.75, 3.05) is 0 Å². The van der Waals surface area contributed by atoms with Crippen LogP contribution in [0.3, 0.4) is 0 Å². The Balaban J connectivity index is 1.72. The lowest BCUT2D eigenvalue weighted by molar-refractivity contribution is -0.136. The molecule has 0 saturated heterocycles. The Morgan fingerprint density at radius 1 is 1.03 bits per heavy atom. The van der Waals surface area contributed by atoms with Gasteiger partial charge < -0.3 is 14.3 Å². The van der Waals surface area contributed by atoms with Crippen molar-refractivity contribution in [3.63, 3.8) is 0 Å². The maximum atomic E-state index is 13.3. The Labute approximate surface area is 178 Å². The van der Waals surface area contributed by atoms with E-state index < -0.39 is 0 Å². The van der Waals surface area contributed by atoms with Gasteiger partial charge in [0.15, 0.2) is 0 Å². The zero-order chi connectivity index (χ0) is 20.8. The Morgan fingerprint density at radius 2 is 1.77 bits per heavy atom. The number of fused-ring (bicyclic) bond motifs is 3. The van der Waals surface area contributed by atoms with E-state index in [1.165, 1.54) is 18.8 Å². The highest BCUT2D eigenvalue weighted by Gasteiger charge is 2.37. The van der Waals surface area contributed by atoms with Gasteiger partial charge >= 0.3 is 5.97 Å². The Morgan fingerprint density at radius 3 is 2.50 bits per heavy atom. The number of benzene rings is 2. The normalized spacial score (nSPS) is 19.5. The van der Waals surface area contributed by atoms with Gasteiger partial charge in [0.05, 0.1) is 12.0 Å². The van der Waals surface area contributed by atoms with Crippen LogP contribution in [0.15, 0.2) is 45.8 Å². The molecule has 0 spiro atoms. The number of ether oxygens (including phenoxy) is 1. The molecule has 30 heavy (non-hydrogen) atoms. The fourth-order valence-electron chi connectivity index (χ4n) is 4.93. The van der Waals surface area contributed by atoms with Gasteiger partial charge in [-0.05, 0) is 36.5 Å². The van der Waals surface area contributed by atoms with E-state index >= 15 is 0 Å². The molecule has 1 aliphatic carbocycles. The monoisotopic (exact) mass is 424 g/mol. The summed E-state index contributed by atoms with van der Waals surface area (Å²) in [5.74, 6) is 0.00472. The molecule has 1 saturated carbocycles. The second-order valence-electron chi connectivity index (χ2n) is 8.18. The van der Waals surface area contributed by atoms with Crippen LogP contribution < -0.4 is 10.2 Å². The maximum absolute atomic E-state index is 13.3. The molecule has 0 radical (unpaired) electrons. The summed E-state index contributed by atoms with van der Waals surface area (Å²) in [4.78, 5) is 25.6. The summed E-state index contributed by atoms with van der Waals surface area (Å²) in [7, 11) is 0. The van der Waals surface area contributed by atoms with Gasteiger partial charge in [0.25, 0.3) is 0 Å². The Bertz CT molecular complexity index is 1190. The van der Waals surface area contributed by atoms with Crippen LogP contribution >= 0.6 is 11.6 Å². The number of esters is 1. The molecule has 1 aliphatic heterocycles. The number of phenols is 1. The lowest BCUT2D eigenvalue weighted by atomic mass is 9.74. The van der Waals surface area contributed by atoms with Crippen LogP contribution in [0.4, 0.5) is 0 Å². The quantitative estimate of drug-likeness (QED) is 0.416. The van der Waals surface area contributed by atoms with Crippen LogP contribution in [-0.4, -0.2) is 11.1 Å². The number of hydrogen-bond donors (Lipinski definition) is 1. The molecule has 3 aromatic rings. The van der Waals surface area contributed by atoms with Crippen molar-refractivity contribution in [3.05, 3.63) is 57.4 Å². The van der Waals surface area contributed by atoms with E-state index in [9.17, 15) is 14.7 Å². The smallest absolute Gasteiger partial charge is 0.311 e. The molecule has 2 aromatic carbocycles. The topological polar surface area (TPSA) is 76.7 Å². The summed E-state index contributed by atoms with van der Waals surface area (Å²) < 4.78 is 11.4. The van der Waals surface area contributed by atoms with Crippen molar-refractivity contribution in [2.45, 2.75) is 44.4 Å². The van der Waals surface area contributed by atoms with Gasteiger partial charge in [-0.15, -0.1) is 0 Å². The van der Waals surface area contributed by atoms with Crippen molar-refractivity contribution < 1.29 is 19.1 Å². The SMILES string of the molecule is O=C1C[C@@H](C2CCCCC2)c2c(cc(O)c3c(=O)c(-c4ccc(Cl)cc4)coc23)O1. The van der Waals surface area contributed by atoms with Crippen LogP contribution in [0.1, 0.15) is 50.0 Å². The summed E-state index contributed by atoms with van der Waals surface area (Å²) >= 11 is 5.96. The van der Waals surface area contributed by atoms with Crippen molar-refractivity contribution in [3.8, 4) is 22.6 Å². The molecule has 1 N–H and O–H groups in total. The Hall–Kier alpha value is -2.79. The minimum atomic E-state index is -0.321. The summed E-state index contributed by atoms with van der Waals surface area (Å²) in [6.07, 6.45) is 7.22. The van der Waals surface area contributed by atoms with E-state index in [4.69, 9.17) is 20.8 Å². The van der Waals surface area contributed by atoms with E-state index in [0.717, 1.165) is 31.2 Å². The number of rotatable bonds is 2. The average Bonchev–Trinajstić information content (AvgIpc) is 2.74. The summed E-state index contributed by atoms with van der Waals surface area (Å²) in [6.45, 7) is 0. The molecule has 6 heteroatoms. The van der Waals surface area contributed by atoms with Crippen LogP contribution in [0.5, 0.6) is 11.5 Å². The van der Waals surface area contributed by atoms with Crippen molar-refractivity contribution >= 4 is 28.5 Å². The van der Waals surface area contributed by atoms with Crippen LogP contribution in [0.2, 0.25) is 5.02 Å². The molecule has 0 bridgehead atoms. The van der Waals surface area contributed by atoms with Gasteiger partial charge in [0.1, 0.15) is 28.7 Å². The number of carbonyl (C=O) groups excluding carboxylic acids is 1. The second kappa shape index (κ2) is 7.47. The molecule has 1 fully saturated rings. The van der Waals surface area contributed by atoms with E-state index in [2.05, 4.69) is 0 Å². The summed E-state index contributed by atoms with van der Waals surface area (Å²) in [5.41, 5.74) is 1.72. The molecule has 1 atom stereocenters. The van der Waals surface area contributed by atoms with Crippen molar-refractivity contribution in [1.82, 2.24) is 0 Å². The molecule has 0 unspecified atom stereocenters. The highest BCUT2D eigenvalue weighted by Crippen LogP contribution is 2.48. The summed E-state index contributed by atoms with van der Waals surface area (Å²) in [5, 5.41) is 11.3. The van der Waals surface area contributed by atoms with E-state index in [-0.39, 0.29) is 34.9 Å². The molecule has 2 aliphatic rings. The number of carbonyl (C=O) groups is 1. The van der Waals surface area contributed by atoms with Crippen molar-refractivity contribution in [1.29, 1.82) is 0 Å². The second-order valence-corrected chi connectivity index (χ2v) is 8.62. The molecular weight excluding hydrogens is 404 g/mol. The van der Waals surface area contributed by atoms with Gasteiger partial charge in [-0.25, -0.2) is 0 Å². The lowest BCUT2D eigenvalue weighted by Gasteiger charge is -2.33. The number of phenolic OH excluding ortho intramolecular Hbond substituents is 1. The van der Waals surface area contributed by atoms with E-state index in [1.54, 1.807) is 24.3 Å². The van der Waals surface area contributed by atoms with Gasteiger partial charge in [-0.1, -0.05) is 43.0 Å². The van der Waals surface area contributed by atoms with E-state index in [0.29, 0.717) is 33.4 Å². The van der Waals surface area contributed by atoms with E-state index in [1.807, 2.05) is 0 Å². The van der Waals surface area contributed by atoms with Gasteiger partial charge in [0, 0.05) is 22.6 Å². The zero-order valence-electron chi connectivity index (χ0n) is 16.3. The molecule has 0 amide bonds.